The van der Waals surface area contributed by atoms with Crippen LogP contribution in [0.3, 0.4) is 0 Å². The maximum Gasteiger partial charge on any atom is 0.336 e. The summed E-state index contributed by atoms with van der Waals surface area (Å²) >= 11 is 0. The Morgan fingerprint density at radius 1 is 1.68 bits per heavy atom. The van der Waals surface area contributed by atoms with Crippen molar-refractivity contribution >= 4 is 5.97 Å². The van der Waals surface area contributed by atoms with E-state index in [1.807, 2.05) is 12.1 Å². The van der Waals surface area contributed by atoms with E-state index in [0.717, 1.165) is 24.3 Å². The Balaban J connectivity index is 2.00. The number of carbonyl (C=O) groups excluding carboxylic acids is 1. The van der Waals surface area contributed by atoms with Gasteiger partial charge >= 0.3 is 5.97 Å². The van der Waals surface area contributed by atoms with Crippen molar-refractivity contribution < 1.29 is 14.3 Å². The van der Waals surface area contributed by atoms with Gasteiger partial charge < -0.3 is 15.2 Å². The SMILES string of the molecule is COC(=O)C1CN(Cc2cccnc2CN)CCO1. The minimum Gasteiger partial charge on any atom is -0.467 e. The van der Waals surface area contributed by atoms with Crippen LogP contribution in [0.25, 0.3) is 0 Å². The summed E-state index contributed by atoms with van der Waals surface area (Å²) < 4.78 is 10.1. The van der Waals surface area contributed by atoms with Gasteiger partial charge in [-0.05, 0) is 11.6 Å². The highest BCUT2D eigenvalue weighted by Crippen LogP contribution is 2.13. The third kappa shape index (κ3) is 3.50. The Hall–Kier alpha value is -1.50. The van der Waals surface area contributed by atoms with Crippen LogP contribution in [-0.2, 0) is 27.4 Å². The zero-order valence-corrected chi connectivity index (χ0v) is 11.0. The zero-order chi connectivity index (χ0) is 13.7. The van der Waals surface area contributed by atoms with Gasteiger partial charge in [0.1, 0.15) is 0 Å². The van der Waals surface area contributed by atoms with Crippen LogP contribution in [0.2, 0.25) is 0 Å². The predicted octanol–water partition coefficient (Wildman–Crippen LogP) is -0.0859. The van der Waals surface area contributed by atoms with Crippen molar-refractivity contribution in [2.45, 2.75) is 19.2 Å². The summed E-state index contributed by atoms with van der Waals surface area (Å²) in [6.07, 6.45) is 1.24. The fourth-order valence-corrected chi connectivity index (χ4v) is 2.16. The lowest BCUT2D eigenvalue weighted by atomic mass is 10.1. The number of hydrogen-bond acceptors (Lipinski definition) is 6. The summed E-state index contributed by atoms with van der Waals surface area (Å²) in [4.78, 5) is 17.9. The van der Waals surface area contributed by atoms with Gasteiger partial charge in [-0.25, -0.2) is 4.79 Å². The lowest BCUT2D eigenvalue weighted by Gasteiger charge is -2.31. The first-order valence-electron chi connectivity index (χ1n) is 6.29. The fraction of sp³-hybridized carbons (Fsp3) is 0.538. The fourth-order valence-electron chi connectivity index (χ4n) is 2.16. The van der Waals surface area contributed by atoms with Crippen molar-refractivity contribution in [2.75, 3.05) is 26.8 Å². The van der Waals surface area contributed by atoms with Crippen LogP contribution in [0.5, 0.6) is 0 Å². The smallest absolute Gasteiger partial charge is 0.336 e. The number of nitrogens with two attached hydrogens (primary N) is 1. The van der Waals surface area contributed by atoms with E-state index in [2.05, 4.69) is 9.88 Å². The molecule has 1 saturated heterocycles. The van der Waals surface area contributed by atoms with Crippen LogP contribution in [0.15, 0.2) is 18.3 Å². The first kappa shape index (κ1) is 13.9. The Bertz CT molecular complexity index is 439. The standard InChI is InChI=1S/C13H19N3O3/c1-18-13(17)12-9-16(5-6-19-12)8-10-3-2-4-15-11(10)7-14/h2-4,12H,5-9,14H2,1H3. The molecule has 19 heavy (non-hydrogen) atoms. The molecule has 0 saturated carbocycles. The quantitative estimate of drug-likeness (QED) is 0.767. The number of rotatable bonds is 4. The lowest BCUT2D eigenvalue weighted by molar-refractivity contribution is -0.160. The van der Waals surface area contributed by atoms with E-state index in [9.17, 15) is 4.79 Å². The molecule has 1 aliphatic rings. The number of aromatic nitrogens is 1. The van der Waals surface area contributed by atoms with E-state index in [0.29, 0.717) is 19.7 Å². The zero-order valence-electron chi connectivity index (χ0n) is 11.0. The molecule has 0 bridgehead atoms. The Labute approximate surface area is 112 Å². The van der Waals surface area contributed by atoms with Gasteiger partial charge in [0.05, 0.1) is 19.4 Å². The molecule has 2 heterocycles. The maximum absolute atomic E-state index is 11.5. The second kappa shape index (κ2) is 6.60. The summed E-state index contributed by atoms with van der Waals surface area (Å²) in [6.45, 7) is 2.98. The van der Waals surface area contributed by atoms with Gasteiger partial charge in [-0.2, -0.15) is 0 Å². The Kier molecular flexibility index (Phi) is 4.84. The minimum atomic E-state index is -0.503. The van der Waals surface area contributed by atoms with E-state index in [1.54, 1.807) is 6.20 Å². The topological polar surface area (TPSA) is 77.7 Å². The summed E-state index contributed by atoms with van der Waals surface area (Å²) in [5, 5.41) is 0. The molecule has 1 aliphatic heterocycles. The van der Waals surface area contributed by atoms with Crippen molar-refractivity contribution in [1.82, 2.24) is 9.88 Å². The van der Waals surface area contributed by atoms with Crippen molar-refractivity contribution in [1.29, 1.82) is 0 Å². The summed E-state index contributed by atoms with van der Waals surface area (Å²) in [5.74, 6) is -0.324. The first-order valence-corrected chi connectivity index (χ1v) is 6.29. The number of carbonyl (C=O) groups is 1. The summed E-state index contributed by atoms with van der Waals surface area (Å²) in [6, 6.07) is 3.91. The van der Waals surface area contributed by atoms with Crippen LogP contribution in [0.1, 0.15) is 11.3 Å². The largest absolute Gasteiger partial charge is 0.467 e. The molecule has 6 heteroatoms. The van der Waals surface area contributed by atoms with E-state index in [4.69, 9.17) is 15.2 Å². The van der Waals surface area contributed by atoms with Gasteiger partial charge in [0.15, 0.2) is 6.10 Å². The summed E-state index contributed by atoms with van der Waals surface area (Å²) in [7, 11) is 1.37. The minimum absolute atomic E-state index is 0.324. The monoisotopic (exact) mass is 265 g/mol. The van der Waals surface area contributed by atoms with Crippen LogP contribution in [0, 0.1) is 0 Å². The van der Waals surface area contributed by atoms with Crippen LogP contribution < -0.4 is 5.73 Å². The molecule has 1 fully saturated rings. The van der Waals surface area contributed by atoms with Crippen molar-refractivity contribution in [3.05, 3.63) is 29.6 Å². The molecule has 2 N–H and O–H groups in total. The molecule has 1 unspecified atom stereocenters. The molecule has 104 valence electrons. The molecule has 1 atom stereocenters. The van der Waals surface area contributed by atoms with E-state index in [-0.39, 0.29) is 5.97 Å². The van der Waals surface area contributed by atoms with Gasteiger partial charge in [0.25, 0.3) is 0 Å². The number of nitrogens with zero attached hydrogens (tertiary/aromatic N) is 2. The number of hydrogen-bond donors (Lipinski definition) is 1. The molecule has 6 nitrogen and oxygen atoms in total. The van der Waals surface area contributed by atoms with Gasteiger partial charge in [0, 0.05) is 32.4 Å². The molecule has 1 aromatic rings. The molecule has 0 aliphatic carbocycles. The normalized spacial score (nSPS) is 20.2. The molecule has 0 radical (unpaired) electrons. The third-order valence-corrected chi connectivity index (χ3v) is 3.19. The number of morpholine rings is 1. The molecular formula is C13H19N3O3. The third-order valence-electron chi connectivity index (χ3n) is 3.19. The predicted molar refractivity (Wildman–Crippen MR) is 69.2 cm³/mol. The van der Waals surface area contributed by atoms with E-state index >= 15 is 0 Å². The van der Waals surface area contributed by atoms with Gasteiger partial charge in [-0.15, -0.1) is 0 Å². The van der Waals surface area contributed by atoms with E-state index < -0.39 is 6.10 Å². The number of methoxy groups -OCH3 is 1. The highest BCUT2D eigenvalue weighted by molar-refractivity contribution is 5.74. The Morgan fingerprint density at radius 3 is 3.26 bits per heavy atom. The molecule has 0 spiro atoms. The highest BCUT2D eigenvalue weighted by atomic mass is 16.6. The van der Waals surface area contributed by atoms with Crippen molar-refractivity contribution in [2.24, 2.45) is 5.73 Å². The van der Waals surface area contributed by atoms with Gasteiger partial charge in [-0.1, -0.05) is 6.07 Å². The Morgan fingerprint density at radius 2 is 2.53 bits per heavy atom. The molecule has 2 rings (SSSR count). The number of esters is 1. The molecular weight excluding hydrogens is 246 g/mol. The molecule has 0 aromatic carbocycles. The number of ether oxygens (including phenoxy) is 2. The van der Waals surface area contributed by atoms with Crippen LogP contribution >= 0.6 is 0 Å². The highest BCUT2D eigenvalue weighted by Gasteiger charge is 2.27. The summed E-state index contributed by atoms with van der Waals surface area (Å²) in [5.41, 5.74) is 7.66. The lowest BCUT2D eigenvalue weighted by Crippen LogP contribution is -2.46. The van der Waals surface area contributed by atoms with Crippen molar-refractivity contribution in [3.63, 3.8) is 0 Å². The number of pyridine rings is 1. The molecule has 1 aromatic heterocycles. The average Bonchev–Trinajstić information content (AvgIpc) is 2.47. The average molecular weight is 265 g/mol. The van der Waals surface area contributed by atoms with Gasteiger partial charge in [0.2, 0.25) is 0 Å². The van der Waals surface area contributed by atoms with Crippen LogP contribution in [-0.4, -0.2) is 48.8 Å². The second-order valence-corrected chi connectivity index (χ2v) is 4.43. The first-order chi connectivity index (χ1) is 9.24. The maximum atomic E-state index is 11.5. The second-order valence-electron chi connectivity index (χ2n) is 4.43. The van der Waals surface area contributed by atoms with Crippen molar-refractivity contribution in [3.8, 4) is 0 Å². The van der Waals surface area contributed by atoms with E-state index in [1.165, 1.54) is 7.11 Å². The van der Waals surface area contributed by atoms with Crippen LogP contribution in [0.4, 0.5) is 0 Å². The van der Waals surface area contributed by atoms with Gasteiger partial charge in [-0.3, -0.25) is 9.88 Å². The molecule has 0 amide bonds.